The third kappa shape index (κ3) is 6.92. The normalized spacial score (nSPS) is 12.0. The van der Waals surface area contributed by atoms with Gasteiger partial charge >= 0.3 is 5.97 Å². The highest BCUT2D eigenvalue weighted by Gasteiger charge is 1.99. The van der Waals surface area contributed by atoms with E-state index in [2.05, 4.69) is 5.92 Å². The Hall–Kier alpha value is -0.970. The number of unbranched alkanes of at least 4 members (excludes halogenated alkanes) is 1. The van der Waals surface area contributed by atoms with Crippen LogP contribution in [0.4, 0.5) is 0 Å². The number of carboxylic acid groups (broad SMARTS) is 1. The molecule has 0 aliphatic carbocycles. The molecular weight excluding hydrogens is 140 g/mol. The van der Waals surface area contributed by atoms with Gasteiger partial charge in [-0.05, 0) is 12.8 Å². The van der Waals surface area contributed by atoms with Crippen molar-refractivity contribution >= 4 is 5.97 Å². The number of carboxylic acids is 1. The number of terminal acetylenes is 1. The van der Waals surface area contributed by atoms with Crippen molar-refractivity contribution < 1.29 is 9.90 Å². The predicted octanol–water partition coefficient (Wildman–Crippen LogP) is 1.90. The fourth-order valence-corrected chi connectivity index (χ4v) is 0.810. The average Bonchev–Trinajstić information content (AvgIpc) is 1.97. The van der Waals surface area contributed by atoms with Crippen LogP contribution in [0.25, 0.3) is 0 Å². The van der Waals surface area contributed by atoms with Gasteiger partial charge in [-0.15, -0.1) is 12.3 Å². The third-order valence-electron chi connectivity index (χ3n) is 1.56. The van der Waals surface area contributed by atoms with Crippen LogP contribution in [0, 0.1) is 18.3 Å². The first-order valence-corrected chi connectivity index (χ1v) is 3.84. The van der Waals surface area contributed by atoms with E-state index in [-0.39, 0.29) is 12.3 Å². The molecule has 1 atom stereocenters. The molecule has 0 fully saturated rings. The lowest BCUT2D eigenvalue weighted by Crippen LogP contribution is -1.95. The van der Waals surface area contributed by atoms with Crippen LogP contribution >= 0.6 is 0 Å². The Bertz CT molecular complexity index is 155. The Kier molecular flexibility index (Phi) is 5.28. The molecule has 0 spiro atoms. The molecule has 62 valence electrons. The minimum atomic E-state index is -0.724. The van der Waals surface area contributed by atoms with Gasteiger partial charge in [0.15, 0.2) is 0 Å². The van der Waals surface area contributed by atoms with Crippen LogP contribution in [0.2, 0.25) is 0 Å². The molecular formula is C9H14O2. The molecule has 0 rings (SSSR count). The van der Waals surface area contributed by atoms with Gasteiger partial charge in [0, 0.05) is 12.3 Å². The van der Waals surface area contributed by atoms with Crippen LogP contribution in [0.3, 0.4) is 0 Å². The SMILES string of the molecule is C#CC(C)CCCCC(=O)O. The van der Waals surface area contributed by atoms with Gasteiger partial charge < -0.3 is 5.11 Å². The maximum atomic E-state index is 10.1. The first-order valence-electron chi connectivity index (χ1n) is 3.84. The molecule has 0 bridgehead atoms. The lowest BCUT2D eigenvalue weighted by atomic mass is 10.0. The number of aliphatic carboxylic acids is 1. The Labute approximate surface area is 67.6 Å². The second-order valence-corrected chi connectivity index (χ2v) is 2.71. The minimum absolute atomic E-state index is 0.261. The summed E-state index contributed by atoms with van der Waals surface area (Å²) >= 11 is 0. The number of hydrogen-bond donors (Lipinski definition) is 1. The number of rotatable bonds is 5. The maximum Gasteiger partial charge on any atom is 0.303 e. The van der Waals surface area contributed by atoms with E-state index in [4.69, 9.17) is 11.5 Å². The van der Waals surface area contributed by atoms with Crippen LogP contribution in [0.1, 0.15) is 32.6 Å². The van der Waals surface area contributed by atoms with E-state index in [1.165, 1.54) is 0 Å². The Balaban J connectivity index is 3.16. The topological polar surface area (TPSA) is 37.3 Å². The Morgan fingerprint density at radius 3 is 2.73 bits per heavy atom. The van der Waals surface area contributed by atoms with Crippen molar-refractivity contribution in [3.63, 3.8) is 0 Å². The zero-order valence-electron chi connectivity index (χ0n) is 6.84. The lowest BCUT2D eigenvalue weighted by Gasteiger charge is -2.00. The smallest absolute Gasteiger partial charge is 0.303 e. The number of carbonyl (C=O) groups is 1. The summed E-state index contributed by atoms with van der Waals surface area (Å²) in [7, 11) is 0. The van der Waals surface area contributed by atoms with Crippen LogP contribution < -0.4 is 0 Å². The summed E-state index contributed by atoms with van der Waals surface area (Å²) in [6.45, 7) is 1.97. The minimum Gasteiger partial charge on any atom is -0.481 e. The largest absolute Gasteiger partial charge is 0.481 e. The zero-order chi connectivity index (χ0) is 8.69. The molecule has 1 unspecified atom stereocenters. The molecule has 0 aromatic heterocycles. The van der Waals surface area contributed by atoms with Crippen LogP contribution in [-0.4, -0.2) is 11.1 Å². The van der Waals surface area contributed by atoms with Crippen LogP contribution in [0.5, 0.6) is 0 Å². The van der Waals surface area contributed by atoms with Gasteiger partial charge in [-0.25, -0.2) is 0 Å². The lowest BCUT2D eigenvalue weighted by molar-refractivity contribution is -0.137. The molecule has 0 aromatic rings. The van der Waals surface area contributed by atoms with Gasteiger partial charge in [0.2, 0.25) is 0 Å². The fraction of sp³-hybridized carbons (Fsp3) is 0.667. The van der Waals surface area contributed by atoms with E-state index in [0.717, 1.165) is 19.3 Å². The van der Waals surface area contributed by atoms with Crippen molar-refractivity contribution in [3.05, 3.63) is 0 Å². The maximum absolute atomic E-state index is 10.1. The van der Waals surface area contributed by atoms with E-state index in [9.17, 15) is 4.79 Å². The molecule has 0 heterocycles. The summed E-state index contributed by atoms with van der Waals surface area (Å²) in [6, 6.07) is 0. The van der Waals surface area contributed by atoms with E-state index < -0.39 is 5.97 Å². The van der Waals surface area contributed by atoms with E-state index in [1.807, 2.05) is 6.92 Å². The van der Waals surface area contributed by atoms with Crippen molar-refractivity contribution in [1.82, 2.24) is 0 Å². The zero-order valence-corrected chi connectivity index (χ0v) is 6.84. The van der Waals surface area contributed by atoms with Gasteiger partial charge in [0.25, 0.3) is 0 Å². The van der Waals surface area contributed by atoms with Gasteiger partial charge in [-0.3, -0.25) is 4.79 Å². The fourth-order valence-electron chi connectivity index (χ4n) is 0.810. The molecule has 11 heavy (non-hydrogen) atoms. The van der Waals surface area contributed by atoms with Gasteiger partial charge in [-0.2, -0.15) is 0 Å². The highest BCUT2D eigenvalue weighted by atomic mass is 16.4. The molecule has 2 nitrogen and oxygen atoms in total. The predicted molar refractivity (Wildman–Crippen MR) is 44.1 cm³/mol. The van der Waals surface area contributed by atoms with Gasteiger partial charge in [0.05, 0.1) is 0 Å². The molecule has 1 N–H and O–H groups in total. The molecule has 0 aliphatic heterocycles. The van der Waals surface area contributed by atoms with Crippen LogP contribution in [0.15, 0.2) is 0 Å². The second kappa shape index (κ2) is 5.79. The number of hydrogen-bond acceptors (Lipinski definition) is 1. The van der Waals surface area contributed by atoms with Crippen molar-refractivity contribution in [2.45, 2.75) is 32.6 Å². The van der Waals surface area contributed by atoms with Crippen molar-refractivity contribution in [3.8, 4) is 12.3 Å². The summed E-state index contributed by atoms with van der Waals surface area (Å²) < 4.78 is 0. The quantitative estimate of drug-likeness (QED) is 0.485. The first-order chi connectivity index (χ1) is 5.16. The first kappa shape index (κ1) is 10.0. The summed E-state index contributed by atoms with van der Waals surface area (Å²) in [5, 5.41) is 8.30. The third-order valence-corrected chi connectivity index (χ3v) is 1.56. The average molecular weight is 154 g/mol. The summed E-state index contributed by atoms with van der Waals surface area (Å²) in [5.41, 5.74) is 0. The Morgan fingerprint density at radius 1 is 1.64 bits per heavy atom. The van der Waals surface area contributed by atoms with E-state index in [1.54, 1.807) is 0 Å². The molecule has 0 saturated carbocycles. The molecule has 0 saturated heterocycles. The summed E-state index contributed by atoms with van der Waals surface area (Å²) in [6.07, 6.45) is 8.00. The molecule has 0 aliphatic rings. The van der Waals surface area contributed by atoms with Gasteiger partial charge in [0.1, 0.15) is 0 Å². The van der Waals surface area contributed by atoms with E-state index in [0.29, 0.717) is 0 Å². The molecule has 0 radical (unpaired) electrons. The molecule has 0 aromatic carbocycles. The van der Waals surface area contributed by atoms with Crippen molar-refractivity contribution in [2.75, 3.05) is 0 Å². The monoisotopic (exact) mass is 154 g/mol. The second-order valence-electron chi connectivity index (χ2n) is 2.71. The van der Waals surface area contributed by atoms with Crippen LogP contribution in [-0.2, 0) is 4.79 Å². The summed E-state index contributed by atoms with van der Waals surface area (Å²) in [4.78, 5) is 10.1. The highest BCUT2D eigenvalue weighted by molar-refractivity contribution is 5.66. The van der Waals surface area contributed by atoms with Crippen molar-refractivity contribution in [1.29, 1.82) is 0 Å². The van der Waals surface area contributed by atoms with Crippen molar-refractivity contribution in [2.24, 2.45) is 5.92 Å². The Morgan fingerprint density at radius 2 is 2.27 bits per heavy atom. The summed E-state index contributed by atoms with van der Waals surface area (Å²) in [5.74, 6) is 2.16. The standard InChI is InChI=1S/C9H14O2/c1-3-8(2)6-4-5-7-9(10)11/h1,8H,4-7H2,2H3,(H,10,11). The van der Waals surface area contributed by atoms with Gasteiger partial charge in [-0.1, -0.05) is 13.3 Å². The molecule has 0 amide bonds. The van der Waals surface area contributed by atoms with E-state index >= 15 is 0 Å². The molecule has 2 heteroatoms. The highest BCUT2D eigenvalue weighted by Crippen LogP contribution is 2.07.